The predicted octanol–water partition coefficient (Wildman–Crippen LogP) is 2.37. The first-order chi connectivity index (χ1) is 10.4. The van der Waals surface area contributed by atoms with Gasteiger partial charge in [-0.1, -0.05) is 13.0 Å². The Morgan fingerprint density at radius 1 is 1.18 bits per heavy atom. The van der Waals surface area contributed by atoms with Gasteiger partial charge in [0, 0.05) is 37.9 Å². The van der Waals surface area contributed by atoms with Gasteiger partial charge in [0.1, 0.15) is 0 Å². The Kier molecular flexibility index (Phi) is 5.69. The van der Waals surface area contributed by atoms with E-state index in [4.69, 9.17) is 0 Å². The Morgan fingerprint density at radius 2 is 1.86 bits per heavy atom. The fraction of sp³-hybridized carbons (Fsp3) is 0.625. The van der Waals surface area contributed by atoms with Gasteiger partial charge in [-0.15, -0.1) is 0 Å². The number of sulfonamides is 1. The molecule has 2 rings (SSSR count). The average molecular weight is 325 g/mol. The molecule has 1 heterocycles. The van der Waals surface area contributed by atoms with Gasteiger partial charge in [0.2, 0.25) is 10.0 Å². The van der Waals surface area contributed by atoms with Crippen LogP contribution in [0.15, 0.2) is 24.3 Å². The molecule has 6 heteroatoms. The molecule has 0 atom stereocenters. The lowest BCUT2D eigenvalue weighted by Gasteiger charge is -2.38. The first-order valence-corrected chi connectivity index (χ1v) is 9.66. The topological polar surface area (TPSA) is 52.7 Å². The van der Waals surface area contributed by atoms with Gasteiger partial charge in [0.15, 0.2) is 0 Å². The molecule has 1 aromatic rings. The summed E-state index contributed by atoms with van der Waals surface area (Å²) in [6.45, 7) is 10.3. The second-order valence-electron chi connectivity index (χ2n) is 6.09. The molecule has 1 aromatic carbocycles. The molecule has 0 amide bonds. The molecule has 0 radical (unpaired) electrons. The number of rotatable bonds is 6. The molecule has 22 heavy (non-hydrogen) atoms. The van der Waals surface area contributed by atoms with Crippen LogP contribution in [-0.2, 0) is 10.0 Å². The molecule has 1 saturated heterocycles. The van der Waals surface area contributed by atoms with E-state index in [1.807, 2.05) is 25.1 Å². The standard InChI is InChI=1S/C16H27N3O2S/c1-4-12-22(20,21)17-15-6-5-7-16(13-15)19-10-8-18(9-11-19)14(2)3/h5-7,13-14,17H,4,8-12H2,1-3H3. The zero-order chi connectivity index (χ0) is 16.2. The highest BCUT2D eigenvalue weighted by atomic mass is 32.2. The summed E-state index contributed by atoms with van der Waals surface area (Å²) in [5, 5.41) is 0. The predicted molar refractivity (Wildman–Crippen MR) is 93.1 cm³/mol. The molecule has 124 valence electrons. The number of piperazine rings is 1. The van der Waals surface area contributed by atoms with Gasteiger partial charge in [-0.2, -0.15) is 0 Å². The van der Waals surface area contributed by atoms with Crippen LogP contribution >= 0.6 is 0 Å². The van der Waals surface area contributed by atoms with Crippen molar-refractivity contribution in [1.82, 2.24) is 4.90 Å². The van der Waals surface area contributed by atoms with E-state index >= 15 is 0 Å². The van der Waals surface area contributed by atoms with Crippen LogP contribution in [0.3, 0.4) is 0 Å². The van der Waals surface area contributed by atoms with Crippen LogP contribution in [0.25, 0.3) is 0 Å². The second-order valence-corrected chi connectivity index (χ2v) is 7.93. The summed E-state index contributed by atoms with van der Waals surface area (Å²) in [6.07, 6.45) is 0.617. The fourth-order valence-corrected chi connectivity index (χ4v) is 3.89. The number of benzene rings is 1. The van der Waals surface area contributed by atoms with Gasteiger partial charge in [-0.05, 0) is 38.5 Å². The third kappa shape index (κ3) is 4.61. The van der Waals surface area contributed by atoms with Gasteiger partial charge >= 0.3 is 0 Å². The maximum Gasteiger partial charge on any atom is 0.232 e. The first kappa shape index (κ1) is 17.1. The van der Waals surface area contributed by atoms with E-state index in [2.05, 4.69) is 28.4 Å². The smallest absolute Gasteiger partial charge is 0.232 e. The number of hydrogen-bond acceptors (Lipinski definition) is 4. The molecule has 5 nitrogen and oxygen atoms in total. The van der Waals surface area contributed by atoms with Crippen molar-refractivity contribution in [1.29, 1.82) is 0 Å². The van der Waals surface area contributed by atoms with Crippen molar-refractivity contribution in [2.24, 2.45) is 0 Å². The minimum absolute atomic E-state index is 0.157. The molecule has 0 aromatic heterocycles. The minimum Gasteiger partial charge on any atom is -0.369 e. The van der Waals surface area contributed by atoms with E-state index in [0.717, 1.165) is 31.9 Å². The largest absolute Gasteiger partial charge is 0.369 e. The maximum absolute atomic E-state index is 11.9. The Balaban J connectivity index is 2.03. The lowest BCUT2D eigenvalue weighted by Crippen LogP contribution is -2.48. The molecule has 0 aliphatic carbocycles. The zero-order valence-corrected chi connectivity index (χ0v) is 14.6. The monoisotopic (exact) mass is 325 g/mol. The summed E-state index contributed by atoms with van der Waals surface area (Å²) in [5.41, 5.74) is 1.73. The fourth-order valence-electron chi connectivity index (χ4n) is 2.76. The van der Waals surface area contributed by atoms with Gasteiger partial charge < -0.3 is 4.90 Å². The molecule has 0 spiro atoms. The minimum atomic E-state index is -3.23. The molecule has 0 saturated carbocycles. The lowest BCUT2D eigenvalue weighted by molar-refractivity contribution is 0.209. The van der Waals surface area contributed by atoms with E-state index in [0.29, 0.717) is 18.2 Å². The van der Waals surface area contributed by atoms with Crippen molar-refractivity contribution in [3.05, 3.63) is 24.3 Å². The van der Waals surface area contributed by atoms with Gasteiger partial charge in [0.25, 0.3) is 0 Å². The SMILES string of the molecule is CCCS(=O)(=O)Nc1cccc(N2CCN(C(C)C)CC2)c1. The highest BCUT2D eigenvalue weighted by Gasteiger charge is 2.19. The van der Waals surface area contributed by atoms with Crippen LogP contribution in [0.4, 0.5) is 11.4 Å². The summed E-state index contributed by atoms with van der Waals surface area (Å²) >= 11 is 0. The summed E-state index contributed by atoms with van der Waals surface area (Å²) in [4.78, 5) is 4.78. The molecule has 1 fully saturated rings. The van der Waals surface area contributed by atoms with E-state index in [9.17, 15) is 8.42 Å². The van der Waals surface area contributed by atoms with Crippen LogP contribution < -0.4 is 9.62 Å². The van der Waals surface area contributed by atoms with E-state index in [1.54, 1.807) is 6.07 Å². The van der Waals surface area contributed by atoms with E-state index < -0.39 is 10.0 Å². The molecule has 0 unspecified atom stereocenters. The molecule has 0 bridgehead atoms. The summed E-state index contributed by atoms with van der Waals surface area (Å²) in [7, 11) is -3.23. The lowest BCUT2D eigenvalue weighted by atomic mass is 10.2. The average Bonchev–Trinajstić information content (AvgIpc) is 2.47. The number of nitrogens with zero attached hydrogens (tertiary/aromatic N) is 2. The number of hydrogen-bond donors (Lipinski definition) is 1. The summed E-state index contributed by atoms with van der Waals surface area (Å²) < 4.78 is 26.4. The Morgan fingerprint density at radius 3 is 2.45 bits per heavy atom. The molecule has 1 N–H and O–H groups in total. The van der Waals surface area contributed by atoms with Crippen LogP contribution in [-0.4, -0.2) is 51.3 Å². The van der Waals surface area contributed by atoms with Crippen LogP contribution in [0.5, 0.6) is 0 Å². The Hall–Kier alpha value is -1.27. The Labute approximate surface area is 134 Å². The van der Waals surface area contributed by atoms with Crippen molar-refractivity contribution < 1.29 is 8.42 Å². The molecular formula is C16H27N3O2S. The normalized spacial score (nSPS) is 17.0. The zero-order valence-electron chi connectivity index (χ0n) is 13.7. The molecular weight excluding hydrogens is 298 g/mol. The maximum atomic E-state index is 11.9. The third-order valence-electron chi connectivity index (χ3n) is 4.00. The van der Waals surface area contributed by atoms with Crippen LogP contribution in [0.2, 0.25) is 0 Å². The van der Waals surface area contributed by atoms with Crippen molar-refractivity contribution in [2.75, 3.05) is 41.6 Å². The first-order valence-electron chi connectivity index (χ1n) is 8.01. The van der Waals surface area contributed by atoms with Gasteiger partial charge in [0.05, 0.1) is 11.4 Å². The van der Waals surface area contributed by atoms with Crippen molar-refractivity contribution in [3.63, 3.8) is 0 Å². The number of nitrogens with one attached hydrogen (secondary N) is 1. The van der Waals surface area contributed by atoms with Crippen molar-refractivity contribution in [3.8, 4) is 0 Å². The Bertz CT molecular complexity index is 579. The molecule has 1 aliphatic heterocycles. The van der Waals surface area contributed by atoms with Crippen LogP contribution in [0.1, 0.15) is 27.2 Å². The third-order valence-corrected chi connectivity index (χ3v) is 5.49. The van der Waals surface area contributed by atoms with E-state index in [-0.39, 0.29) is 5.75 Å². The summed E-state index contributed by atoms with van der Waals surface area (Å²) in [6, 6.07) is 8.27. The van der Waals surface area contributed by atoms with Crippen molar-refractivity contribution >= 4 is 21.4 Å². The van der Waals surface area contributed by atoms with E-state index in [1.165, 1.54) is 0 Å². The number of anilines is 2. The molecule has 1 aliphatic rings. The van der Waals surface area contributed by atoms with Gasteiger partial charge in [-0.25, -0.2) is 8.42 Å². The second kappa shape index (κ2) is 7.33. The highest BCUT2D eigenvalue weighted by molar-refractivity contribution is 7.92. The summed E-state index contributed by atoms with van der Waals surface area (Å²) in [5.74, 6) is 0.157. The van der Waals surface area contributed by atoms with Gasteiger partial charge in [-0.3, -0.25) is 9.62 Å². The van der Waals surface area contributed by atoms with Crippen molar-refractivity contribution in [2.45, 2.75) is 33.2 Å². The highest BCUT2D eigenvalue weighted by Crippen LogP contribution is 2.22. The quantitative estimate of drug-likeness (QED) is 0.872. The van der Waals surface area contributed by atoms with Crippen LogP contribution in [0, 0.1) is 0 Å².